The molecule has 0 unspecified atom stereocenters. The minimum atomic E-state index is 0.793. The summed E-state index contributed by atoms with van der Waals surface area (Å²) in [4.78, 5) is 0. The summed E-state index contributed by atoms with van der Waals surface area (Å²) in [5.41, 5.74) is 0. The Morgan fingerprint density at radius 1 is 0.441 bits per heavy atom. The van der Waals surface area contributed by atoms with Crippen molar-refractivity contribution in [3.05, 3.63) is 19.3 Å². The Kier molecular flexibility index (Phi) is 22.5. The summed E-state index contributed by atoms with van der Waals surface area (Å²) >= 11 is 4.79. The van der Waals surface area contributed by atoms with Crippen LogP contribution in [0.1, 0.15) is 142 Å². The number of rotatable bonds is 24. The molecule has 0 fully saturated rings. The molecule has 0 heterocycles. The molecule has 0 N–H and O–H groups in total. The average Bonchev–Trinajstić information content (AvgIpc) is 2.83. The van der Waals surface area contributed by atoms with E-state index in [9.17, 15) is 0 Å². The lowest BCUT2D eigenvalue weighted by Gasteiger charge is -2.14. The molecular formula is C30H52I2O2. The van der Waals surface area contributed by atoms with Crippen molar-refractivity contribution in [2.24, 2.45) is 0 Å². The third-order valence-electron chi connectivity index (χ3n) is 6.50. The smallest absolute Gasteiger partial charge is 0.162 e. The van der Waals surface area contributed by atoms with Gasteiger partial charge in [-0.1, -0.05) is 129 Å². The molecule has 2 nitrogen and oxygen atoms in total. The zero-order chi connectivity index (χ0) is 24.7. The minimum absolute atomic E-state index is 0.793. The van der Waals surface area contributed by atoms with Crippen LogP contribution in [-0.2, 0) is 0 Å². The van der Waals surface area contributed by atoms with Crippen LogP contribution in [-0.4, -0.2) is 13.2 Å². The van der Waals surface area contributed by atoms with Gasteiger partial charge in [0.2, 0.25) is 0 Å². The zero-order valence-corrected chi connectivity index (χ0v) is 26.6. The van der Waals surface area contributed by atoms with Crippen LogP contribution in [0.15, 0.2) is 12.1 Å². The summed E-state index contributed by atoms with van der Waals surface area (Å²) in [7, 11) is 0. The Balaban J connectivity index is 2.15. The summed E-state index contributed by atoms with van der Waals surface area (Å²) in [6.07, 6.45) is 27.0. The van der Waals surface area contributed by atoms with Crippen LogP contribution in [0.3, 0.4) is 0 Å². The summed E-state index contributed by atoms with van der Waals surface area (Å²) in [6, 6.07) is 4.29. The van der Waals surface area contributed by atoms with Crippen LogP contribution in [0, 0.1) is 7.14 Å². The standard InChI is InChI=1S/C30H52I2O2/c1-3-5-7-9-11-13-15-17-19-21-23-33-29-25-27(31)28(32)26-30(29)34-24-22-20-18-16-14-12-10-8-6-4-2/h25-26H,3-24H2,1-2H3. The van der Waals surface area contributed by atoms with Crippen molar-refractivity contribution in [1.29, 1.82) is 0 Å². The molecule has 0 aromatic heterocycles. The minimum Gasteiger partial charge on any atom is -0.490 e. The van der Waals surface area contributed by atoms with Gasteiger partial charge in [0.1, 0.15) is 0 Å². The maximum absolute atomic E-state index is 6.16. The van der Waals surface area contributed by atoms with E-state index in [1.165, 1.54) is 123 Å². The van der Waals surface area contributed by atoms with Gasteiger partial charge >= 0.3 is 0 Å². The molecule has 0 amide bonds. The third-order valence-corrected chi connectivity index (χ3v) is 9.31. The summed E-state index contributed by atoms with van der Waals surface area (Å²) in [5.74, 6) is 1.85. The Labute approximate surface area is 239 Å². The topological polar surface area (TPSA) is 18.5 Å². The molecule has 1 rings (SSSR count). The van der Waals surface area contributed by atoms with Crippen molar-refractivity contribution in [3.63, 3.8) is 0 Å². The van der Waals surface area contributed by atoms with Crippen molar-refractivity contribution in [1.82, 2.24) is 0 Å². The van der Waals surface area contributed by atoms with E-state index in [4.69, 9.17) is 9.47 Å². The fourth-order valence-electron chi connectivity index (χ4n) is 4.28. The largest absolute Gasteiger partial charge is 0.490 e. The number of hydrogen-bond donors (Lipinski definition) is 0. The van der Waals surface area contributed by atoms with Gasteiger partial charge in [0.25, 0.3) is 0 Å². The molecule has 0 saturated carbocycles. The molecule has 0 aliphatic heterocycles. The number of ether oxygens (including phenoxy) is 2. The van der Waals surface area contributed by atoms with Gasteiger partial charge in [-0.3, -0.25) is 0 Å². The quantitative estimate of drug-likeness (QED) is 0.0791. The monoisotopic (exact) mass is 698 g/mol. The maximum atomic E-state index is 6.16. The summed E-state index contributed by atoms with van der Waals surface area (Å²) < 4.78 is 14.8. The molecule has 0 aliphatic rings. The summed E-state index contributed by atoms with van der Waals surface area (Å²) in [5, 5.41) is 0. The van der Waals surface area contributed by atoms with Crippen LogP contribution >= 0.6 is 45.2 Å². The van der Waals surface area contributed by atoms with Gasteiger partial charge in [-0.15, -0.1) is 0 Å². The van der Waals surface area contributed by atoms with Crippen molar-refractivity contribution < 1.29 is 9.47 Å². The first-order valence-electron chi connectivity index (χ1n) is 14.4. The fourth-order valence-corrected chi connectivity index (χ4v) is 5.16. The van der Waals surface area contributed by atoms with Crippen LogP contribution in [0.25, 0.3) is 0 Å². The first-order chi connectivity index (χ1) is 16.7. The lowest BCUT2D eigenvalue weighted by molar-refractivity contribution is 0.258. The Morgan fingerprint density at radius 2 is 0.706 bits per heavy atom. The molecule has 0 atom stereocenters. The maximum Gasteiger partial charge on any atom is 0.162 e. The normalized spacial score (nSPS) is 11.2. The highest BCUT2D eigenvalue weighted by atomic mass is 127. The van der Waals surface area contributed by atoms with Crippen molar-refractivity contribution in [2.75, 3.05) is 13.2 Å². The van der Waals surface area contributed by atoms with Crippen LogP contribution in [0.4, 0.5) is 0 Å². The Bertz CT molecular complexity index is 540. The second-order valence-electron chi connectivity index (χ2n) is 9.77. The predicted octanol–water partition coefficient (Wildman–Crippen LogP) is 11.5. The van der Waals surface area contributed by atoms with E-state index < -0.39 is 0 Å². The predicted molar refractivity (Wildman–Crippen MR) is 167 cm³/mol. The SMILES string of the molecule is CCCCCCCCCCCCOc1cc(I)c(I)cc1OCCCCCCCCCCCC. The molecule has 34 heavy (non-hydrogen) atoms. The number of benzene rings is 1. The summed E-state index contributed by atoms with van der Waals surface area (Å²) in [6.45, 7) is 6.16. The van der Waals surface area contributed by atoms with E-state index in [1.807, 2.05) is 0 Å². The molecule has 0 aliphatic carbocycles. The van der Waals surface area contributed by atoms with Gasteiger partial charge in [-0.2, -0.15) is 0 Å². The highest BCUT2D eigenvalue weighted by Crippen LogP contribution is 2.33. The number of halogens is 2. The Morgan fingerprint density at radius 3 is 1.00 bits per heavy atom. The molecule has 198 valence electrons. The van der Waals surface area contributed by atoms with Crippen LogP contribution in [0.5, 0.6) is 11.5 Å². The van der Waals surface area contributed by atoms with Crippen molar-refractivity contribution in [3.8, 4) is 11.5 Å². The lowest BCUT2D eigenvalue weighted by Crippen LogP contribution is -2.04. The van der Waals surface area contributed by atoms with Gasteiger partial charge in [-0.25, -0.2) is 0 Å². The molecule has 0 saturated heterocycles. The molecular weight excluding hydrogens is 646 g/mol. The van der Waals surface area contributed by atoms with Crippen LogP contribution < -0.4 is 9.47 Å². The first kappa shape index (κ1) is 32.3. The van der Waals surface area contributed by atoms with Gasteiger partial charge in [0, 0.05) is 7.14 Å². The zero-order valence-electron chi connectivity index (χ0n) is 22.3. The van der Waals surface area contributed by atoms with Gasteiger partial charge in [0.05, 0.1) is 13.2 Å². The van der Waals surface area contributed by atoms with Gasteiger partial charge in [0.15, 0.2) is 11.5 Å². The van der Waals surface area contributed by atoms with E-state index >= 15 is 0 Å². The van der Waals surface area contributed by atoms with Gasteiger partial charge in [-0.05, 0) is 70.2 Å². The van der Waals surface area contributed by atoms with Crippen molar-refractivity contribution in [2.45, 2.75) is 142 Å². The highest BCUT2D eigenvalue weighted by molar-refractivity contribution is 14.1. The van der Waals surface area contributed by atoms with E-state index in [2.05, 4.69) is 71.2 Å². The van der Waals surface area contributed by atoms with Crippen molar-refractivity contribution >= 4 is 45.2 Å². The van der Waals surface area contributed by atoms with E-state index in [0.29, 0.717) is 0 Å². The highest BCUT2D eigenvalue weighted by Gasteiger charge is 2.10. The van der Waals surface area contributed by atoms with Gasteiger partial charge < -0.3 is 9.47 Å². The molecule has 0 spiro atoms. The molecule has 0 bridgehead atoms. The molecule has 4 heteroatoms. The lowest BCUT2D eigenvalue weighted by atomic mass is 10.1. The number of unbranched alkanes of at least 4 members (excludes halogenated alkanes) is 18. The Hall–Kier alpha value is 0.280. The van der Waals surface area contributed by atoms with Crippen LogP contribution in [0.2, 0.25) is 0 Å². The average molecular weight is 699 g/mol. The second kappa shape index (κ2) is 23.7. The first-order valence-corrected chi connectivity index (χ1v) is 16.6. The van der Waals surface area contributed by atoms with E-state index in [-0.39, 0.29) is 0 Å². The van der Waals surface area contributed by atoms with E-state index in [1.54, 1.807) is 0 Å². The fraction of sp³-hybridized carbons (Fsp3) is 0.800. The third kappa shape index (κ3) is 17.7. The van der Waals surface area contributed by atoms with E-state index in [0.717, 1.165) is 37.6 Å². The second-order valence-corrected chi connectivity index (χ2v) is 12.1. The molecule has 1 aromatic carbocycles. The molecule has 0 radical (unpaired) electrons. The number of hydrogen-bond acceptors (Lipinski definition) is 2. The molecule has 1 aromatic rings.